The Morgan fingerprint density at radius 2 is 2.00 bits per heavy atom. The number of rotatable bonds is 6. The molecule has 110 valence electrons. The predicted molar refractivity (Wildman–Crippen MR) is 75.9 cm³/mol. The number of aromatic nitrogens is 2. The monoisotopic (exact) mass is 290 g/mol. The number of benzene rings is 1. The van der Waals surface area contributed by atoms with Crippen LogP contribution in [0.15, 0.2) is 30.6 Å². The lowest BCUT2D eigenvalue weighted by Crippen LogP contribution is -2.04. The molecule has 1 aromatic heterocycles. The number of nitrogens with zero attached hydrogens (tertiary/aromatic N) is 3. The number of nitro groups is 1. The van der Waals surface area contributed by atoms with Gasteiger partial charge in [-0.15, -0.1) is 0 Å². The van der Waals surface area contributed by atoms with Crippen molar-refractivity contribution in [1.82, 2.24) is 9.97 Å². The molecule has 0 radical (unpaired) electrons. The number of nitrogens with one attached hydrogen (secondary N) is 1. The summed E-state index contributed by atoms with van der Waals surface area (Å²) in [6.45, 7) is 2.60. The lowest BCUT2D eigenvalue weighted by Gasteiger charge is -2.12. The molecule has 0 unspecified atom stereocenters. The quantitative estimate of drug-likeness (QED) is 0.644. The summed E-state index contributed by atoms with van der Waals surface area (Å²) in [4.78, 5) is 18.2. The van der Waals surface area contributed by atoms with E-state index in [9.17, 15) is 10.1 Å². The van der Waals surface area contributed by atoms with Gasteiger partial charge in [-0.05, 0) is 19.1 Å². The Hall–Kier alpha value is -2.90. The van der Waals surface area contributed by atoms with Gasteiger partial charge in [0.1, 0.15) is 12.1 Å². The van der Waals surface area contributed by atoms with Crippen LogP contribution in [0.1, 0.15) is 6.92 Å². The predicted octanol–water partition coefficient (Wildman–Crippen LogP) is 2.62. The van der Waals surface area contributed by atoms with Gasteiger partial charge in [0.15, 0.2) is 5.82 Å². The Bertz CT molecular complexity index is 631. The van der Waals surface area contributed by atoms with Crippen LogP contribution in [0.25, 0.3) is 0 Å². The third-order valence-corrected chi connectivity index (χ3v) is 2.58. The van der Waals surface area contributed by atoms with Gasteiger partial charge in [-0.2, -0.15) is 4.98 Å². The summed E-state index contributed by atoms with van der Waals surface area (Å²) in [5, 5.41) is 13.6. The van der Waals surface area contributed by atoms with Crippen molar-refractivity contribution in [3.8, 4) is 17.4 Å². The molecule has 0 amide bonds. The molecule has 21 heavy (non-hydrogen) atoms. The standard InChI is InChI=1S/C13H14N4O4/c1-3-14-12-11(20-2)13(16-8-15-12)21-10-6-4-9(5-7-10)17(18)19/h4-8H,3H2,1-2H3,(H,14,15,16). The first-order valence-electron chi connectivity index (χ1n) is 6.21. The van der Waals surface area contributed by atoms with Gasteiger partial charge in [-0.1, -0.05) is 0 Å². The van der Waals surface area contributed by atoms with Crippen LogP contribution < -0.4 is 14.8 Å². The van der Waals surface area contributed by atoms with Gasteiger partial charge in [-0.25, -0.2) is 4.98 Å². The van der Waals surface area contributed by atoms with E-state index >= 15 is 0 Å². The lowest BCUT2D eigenvalue weighted by atomic mass is 10.3. The summed E-state index contributed by atoms with van der Waals surface area (Å²) in [5.74, 6) is 1.54. The van der Waals surface area contributed by atoms with Crippen LogP contribution in [0.2, 0.25) is 0 Å². The molecular formula is C13H14N4O4. The van der Waals surface area contributed by atoms with Crippen LogP contribution in [0.3, 0.4) is 0 Å². The van der Waals surface area contributed by atoms with Crippen LogP contribution in [0, 0.1) is 10.1 Å². The molecule has 1 N–H and O–H groups in total. The summed E-state index contributed by atoms with van der Waals surface area (Å²) in [7, 11) is 1.49. The Morgan fingerprint density at radius 1 is 1.29 bits per heavy atom. The van der Waals surface area contributed by atoms with Gasteiger partial charge in [-0.3, -0.25) is 10.1 Å². The smallest absolute Gasteiger partial charge is 0.269 e. The fourth-order valence-electron chi connectivity index (χ4n) is 1.66. The van der Waals surface area contributed by atoms with Crippen LogP contribution in [0.4, 0.5) is 11.5 Å². The first-order chi connectivity index (χ1) is 10.2. The first-order valence-corrected chi connectivity index (χ1v) is 6.21. The van der Waals surface area contributed by atoms with E-state index < -0.39 is 4.92 Å². The summed E-state index contributed by atoms with van der Waals surface area (Å²) in [5.41, 5.74) is -0.00894. The van der Waals surface area contributed by atoms with Crippen molar-refractivity contribution in [3.05, 3.63) is 40.7 Å². The maximum absolute atomic E-state index is 10.6. The van der Waals surface area contributed by atoms with Gasteiger partial charge in [0, 0.05) is 18.7 Å². The number of hydrogen-bond acceptors (Lipinski definition) is 7. The molecule has 2 aromatic rings. The normalized spacial score (nSPS) is 10.0. The number of methoxy groups -OCH3 is 1. The van der Waals surface area contributed by atoms with Gasteiger partial charge in [0.2, 0.25) is 5.75 Å². The molecule has 0 atom stereocenters. The second-order valence-corrected chi connectivity index (χ2v) is 3.94. The van der Waals surface area contributed by atoms with Gasteiger partial charge < -0.3 is 14.8 Å². The highest BCUT2D eigenvalue weighted by Gasteiger charge is 2.14. The van der Waals surface area contributed by atoms with Crippen LogP contribution in [-0.2, 0) is 0 Å². The van der Waals surface area contributed by atoms with Crippen molar-refractivity contribution < 1.29 is 14.4 Å². The van der Waals surface area contributed by atoms with Crippen molar-refractivity contribution in [2.24, 2.45) is 0 Å². The molecule has 0 fully saturated rings. The molecule has 0 spiro atoms. The molecule has 1 heterocycles. The zero-order chi connectivity index (χ0) is 15.2. The van der Waals surface area contributed by atoms with Crippen molar-refractivity contribution in [3.63, 3.8) is 0 Å². The molecule has 0 aliphatic carbocycles. The van der Waals surface area contributed by atoms with E-state index in [4.69, 9.17) is 9.47 Å². The summed E-state index contributed by atoms with van der Waals surface area (Å²) in [6, 6.07) is 5.70. The van der Waals surface area contributed by atoms with E-state index in [0.717, 1.165) is 0 Å². The third-order valence-electron chi connectivity index (χ3n) is 2.58. The number of ether oxygens (including phenoxy) is 2. The van der Waals surface area contributed by atoms with Crippen molar-refractivity contribution in [2.45, 2.75) is 6.92 Å². The molecule has 0 aliphatic heterocycles. The number of anilines is 1. The van der Waals surface area contributed by atoms with Gasteiger partial charge >= 0.3 is 0 Å². The lowest BCUT2D eigenvalue weighted by molar-refractivity contribution is -0.384. The summed E-state index contributed by atoms with van der Waals surface area (Å²) in [6.07, 6.45) is 1.35. The maximum Gasteiger partial charge on any atom is 0.269 e. The van der Waals surface area contributed by atoms with Crippen LogP contribution in [0.5, 0.6) is 17.4 Å². The molecule has 8 nitrogen and oxygen atoms in total. The van der Waals surface area contributed by atoms with E-state index in [1.54, 1.807) is 0 Å². The minimum absolute atomic E-state index is 0.00894. The van der Waals surface area contributed by atoms with E-state index in [-0.39, 0.29) is 11.6 Å². The number of non-ortho nitro benzene ring substituents is 1. The average molecular weight is 290 g/mol. The molecule has 2 rings (SSSR count). The van der Waals surface area contributed by atoms with E-state index in [2.05, 4.69) is 15.3 Å². The molecule has 0 bridgehead atoms. The molecule has 0 saturated carbocycles. The first kappa shape index (κ1) is 14.5. The topological polar surface area (TPSA) is 99.4 Å². The van der Waals surface area contributed by atoms with Crippen LogP contribution in [-0.4, -0.2) is 28.5 Å². The third kappa shape index (κ3) is 3.35. The summed E-state index contributed by atoms with van der Waals surface area (Å²) >= 11 is 0. The zero-order valence-electron chi connectivity index (χ0n) is 11.6. The fraction of sp³-hybridized carbons (Fsp3) is 0.231. The maximum atomic E-state index is 10.6. The number of hydrogen-bond donors (Lipinski definition) is 1. The van der Waals surface area contributed by atoms with E-state index in [1.165, 1.54) is 37.7 Å². The minimum Gasteiger partial charge on any atom is -0.489 e. The highest BCUT2D eigenvalue weighted by molar-refractivity contribution is 5.56. The highest BCUT2D eigenvalue weighted by Crippen LogP contribution is 2.34. The Morgan fingerprint density at radius 3 is 2.57 bits per heavy atom. The Balaban J connectivity index is 2.26. The average Bonchev–Trinajstić information content (AvgIpc) is 2.48. The molecule has 0 aliphatic rings. The van der Waals surface area contributed by atoms with Gasteiger partial charge in [0.25, 0.3) is 11.6 Å². The number of nitro benzene ring substituents is 1. The molecular weight excluding hydrogens is 276 g/mol. The summed E-state index contributed by atoms with van der Waals surface area (Å²) < 4.78 is 10.8. The van der Waals surface area contributed by atoms with E-state index in [1.807, 2.05) is 6.92 Å². The molecule has 0 saturated heterocycles. The zero-order valence-corrected chi connectivity index (χ0v) is 11.6. The molecule has 1 aromatic carbocycles. The van der Waals surface area contributed by atoms with Crippen molar-refractivity contribution >= 4 is 11.5 Å². The minimum atomic E-state index is -0.474. The Labute approximate surface area is 120 Å². The second-order valence-electron chi connectivity index (χ2n) is 3.94. The Kier molecular flexibility index (Phi) is 4.50. The van der Waals surface area contributed by atoms with Crippen LogP contribution >= 0.6 is 0 Å². The highest BCUT2D eigenvalue weighted by atomic mass is 16.6. The SMILES string of the molecule is CCNc1ncnc(Oc2ccc([N+](=O)[O-])cc2)c1OC. The largest absolute Gasteiger partial charge is 0.489 e. The van der Waals surface area contributed by atoms with Crippen molar-refractivity contribution in [2.75, 3.05) is 19.0 Å². The molecule has 8 heteroatoms. The fourth-order valence-corrected chi connectivity index (χ4v) is 1.66. The second kappa shape index (κ2) is 6.51. The van der Waals surface area contributed by atoms with Crippen molar-refractivity contribution in [1.29, 1.82) is 0 Å². The van der Waals surface area contributed by atoms with E-state index in [0.29, 0.717) is 23.9 Å². The van der Waals surface area contributed by atoms with Gasteiger partial charge in [0.05, 0.1) is 12.0 Å².